The first-order valence-corrected chi connectivity index (χ1v) is 9.78. The second-order valence-corrected chi connectivity index (χ2v) is 8.23. The van der Waals surface area contributed by atoms with Crippen LogP contribution in [0.5, 0.6) is 11.5 Å². The standard InChI is InChI=1S/C21H13F8OPS/c1-21(2,29)11-15(25)14(24)10(20(31)16(11)26)9-12(22)17(27)19(18(28)13(9)23)30-7-4-3-5-8(32)6-7/h3-6,32H,31H2,1-2H3. The highest BCUT2D eigenvalue weighted by Gasteiger charge is 2.37. The first-order chi connectivity index (χ1) is 14.8. The van der Waals surface area contributed by atoms with Crippen molar-refractivity contribution < 1.29 is 39.9 Å². The predicted molar refractivity (Wildman–Crippen MR) is 109 cm³/mol. The van der Waals surface area contributed by atoms with Crippen molar-refractivity contribution in [1.29, 1.82) is 0 Å². The fourth-order valence-corrected chi connectivity index (χ4v) is 3.66. The molecule has 0 amide bonds. The predicted octanol–water partition coefficient (Wildman–Crippen LogP) is 7.11. The maximum Gasteiger partial charge on any atom is 0.205 e. The molecule has 0 bridgehead atoms. The third-order valence-corrected chi connectivity index (χ3v) is 5.28. The van der Waals surface area contributed by atoms with Crippen LogP contribution in [0.4, 0.5) is 35.1 Å². The number of thiol groups is 1. The maximum absolute atomic E-state index is 14.8. The van der Waals surface area contributed by atoms with Crippen LogP contribution in [0.1, 0.15) is 19.4 Å². The molecule has 11 heteroatoms. The molecule has 0 spiro atoms. The van der Waals surface area contributed by atoms with Gasteiger partial charge in [-0.05, 0) is 32.0 Å². The van der Waals surface area contributed by atoms with Gasteiger partial charge in [0.1, 0.15) is 17.2 Å². The zero-order valence-electron chi connectivity index (χ0n) is 16.3. The summed E-state index contributed by atoms with van der Waals surface area (Å²) in [4.78, 5) is 0.303. The van der Waals surface area contributed by atoms with Crippen LogP contribution >= 0.6 is 21.9 Å². The average Bonchev–Trinajstić information content (AvgIpc) is 2.70. The monoisotopic (exact) mass is 496 g/mol. The van der Waals surface area contributed by atoms with E-state index in [2.05, 4.69) is 12.6 Å². The van der Waals surface area contributed by atoms with E-state index in [1.807, 2.05) is 0 Å². The van der Waals surface area contributed by atoms with Gasteiger partial charge in [-0.15, -0.1) is 21.9 Å². The highest BCUT2D eigenvalue weighted by Crippen LogP contribution is 2.41. The van der Waals surface area contributed by atoms with E-state index in [0.29, 0.717) is 4.90 Å². The molecule has 0 heterocycles. The van der Waals surface area contributed by atoms with Crippen LogP contribution in [0, 0.1) is 40.7 Å². The largest absolute Gasteiger partial charge is 0.451 e. The summed E-state index contributed by atoms with van der Waals surface area (Å²) < 4.78 is 122. The van der Waals surface area contributed by atoms with Crippen LogP contribution in [0.2, 0.25) is 0 Å². The molecule has 170 valence electrons. The Morgan fingerprint density at radius 2 is 1.31 bits per heavy atom. The molecule has 0 N–H and O–H groups in total. The van der Waals surface area contributed by atoms with Crippen LogP contribution in [-0.2, 0) is 5.67 Å². The summed E-state index contributed by atoms with van der Waals surface area (Å²) in [6, 6.07) is 5.27. The Morgan fingerprint density at radius 3 is 1.81 bits per heavy atom. The molecule has 1 atom stereocenters. The van der Waals surface area contributed by atoms with Gasteiger partial charge in [0.2, 0.25) is 17.4 Å². The molecule has 0 aliphatic carbocycles. The summed E-state index contributed by atoms with van der Waals surface area (Å²) in [5.41, 5.74) is -7.25. The molecule has 0 aliphatic rings. The number of rotatable bonds is 4. The number of hydrogen-bond donors (Lipinski definition) is 1. The maximum atomic E-state index is 14.8. The lowest BCUT2D eigenvalue weighted by atomic mass is 9.93. The Kier molecular flexibility index (Phi) is 6.50. The van der Waals surface area contributed by atoms with E-state index < -0.39 is 74.1 Å². The van der Waals surface area contributed by atoms with Crippen molar-refractivity contribution in [2.45, 2.75) is 24.4 Å². The minimum absolute atomic E-state index is 0.230. The van der Waals surface area contributed by atoms with E-state index >= 15 is 0 Å². The molecule has 1 nitrogen and oxygen atoms in total. The number of ether oxygens (including phenoxy) is 1. The molecular formula is C21H13F8OPS. The van der Waals surface area contributed by atoms with Crippen LogP contribution < -0.4 is 10.0 Å². The molecule has 3 rings (SSSR count). The lowest BCUT2D eigenvalue weighted by molar-refractivity contribution is 0.203. The first-order valence-electron chi connectivity index (χ1n) is 8.75. The summed E-state index contributed by atoms with van der Waals surface area (Å²) in [7, 11) is 1.52. The van der Waals surface area contributed by atoms with Crippen molar-refractivity contribution in [2.24, 2.45) is 0 Å². The van der Waals surface area contributed by atoms with Gasteiger partial charge in [0.25, 0.3) is 0 Å². The number of halogens is 8. The van der Waals surface area contributed by atoms with Gasteiger partial charge in [-0.25, -0.2) is 26.3 Å². The highest BCUT2D eigenvalue weighted by atomic mass is 32.1. The molecular weight excluding hydrogens is 483 g/mol. The molecule has 0 saturated heterocycles. The molecule has 32 heavy (non-hydrogen) atoms. The van der Waals surface area contributed by atoms with Crippen molar-refractivity contribution >= 4 is 27.2 Å². The summed E-state index contributed by atoms with van der Waals surface area (Å²) in [6.45, 7) is 1.45. The highest BCUT2D eigenvalue weighted by molar-refractivity contribution is 7.80. The van der Waals surface area contributed by atoms with Gasteiger partial charge in [-0.1, -0.05) is 6.07 Å². The molecule has 0 aliphatic heterocycles. The Morgan fingerprint density at radius 1 is 0.781 bits per heavy atom. The third-order valence-electron chi connectivity index (χ3n) is 4.46. The van der Waals surface area contributed by atoms with Crippen LogP contribution in [0.25, 0.3) is 11.1 Å². The van der Waals surface area contributed by atoms with Crippen molar-refractivity contribution in [2.75, 3.05) is 0 Å². The minimum atomic E-state index is -2.72. The summed E-state index contributed by atoms with van der Waals surface area (Å²) in [5, 5.41) is -1.03. The van der Waals surface area contributed by atoms with Crippen molar-refractivity contribution in [3.8, 4) is 22.6 Å². The van der Waals surface area contributed by atoms with Crippen molar-refractivity contribution in [3.63, 3.8) is 0 Å². The molecule has 0 saturated carbocycles. The quantitative estimate of drug-likeness (QED) is 0.175. The Balaban J connectivity index is 2.29. The molecule has 1 unspecified atom stereocenters. The third kappa shape index (κ3) is 4.06. The normalized spacial score (nSPS) is 11.8. The van der Waals surface area contributed by atoms with Crippen LogP contribution in [0.3, 0.4) is 0 Å². The average molecular weight is 496 g/mol. The molecule has 0 radical (unpaired) electrons. The first kappa shape index (κ1) is 24.3. The van der Waals surface area contributed by atoms with E-state index in [1.54, 1.807) is 0 Å². The molecule has 3 aromatic rings. The zero-order chi connectivity index (χ0) is 24.1. The van der Waals surface area contributed by atoms with E-state index in [-0.39, 0.29) is 5.75 Å². The second kappa shape index (κ2) is 8.56. The van der Waals surface area contributed by atoms with E-state index in [0.717, 1.165) is 13.8 Å². The summed E-state index contributed by atoms with van der Waals surface area (Å²) >= 11 is 3.99. The van der Waals surface area contributed by atoms with Gasteiger partial charge < -0.3 is 4.74 Å². The zero-order valence-corrected chi connectivity index (χ0v) is 18.3. The fourth-order valence-electron chi connectivity index (χ4n) is 3.03. The summed E-state index contributed by atoms with van der Waals surface area (Å²) in [6.07, 6.45) is 0. The summed E-state index contributed by atoms with van der Waals surface area (Å²) in [5.74, 6) is -16.1. The fraction of sp³-hybridized carbons (Fsp3) is 0.143. The molecule has 0 aromatic heterocycles. The van der Waals surface area contributed by atoms with E-state index in [1.165, 1.54) is 33.5 Å². The van der Waals surface area contributed by atoms with E-state index in [4.69, 9.17) is 4.74 Å². The Hall–Kier alpha value is -2.32. The Labute approximate surface area is 185 Å². The minimum Gasteiger partial charge on any atom is -0.451 e. The van der Waals surface area contributed by atoms with Gasteiger partial charge >= 0.3 is 0 Å². The lowest BCUT2D eigenvalue weighted by Crippen LogP contribution is -2.23. The Bertz CT molecular complexity index is 1180. The lowest BCUT2D eigenvalue weighted by Gasteiger charge is -2.21. The second-order valence-electron chi connectivity index (χ2n) is 7.14. The van der Waals surface area contributed by atoms with Gasteiger partial charge in [0.15, 0.2) is 23.3 Å². The smallest absolute Gasteiger partial charge is 0.205 e. The van der Waals surface area contributed by atoms with Crippen molar-refractivity contribution in [1.82, 2.24) is 0 Å². The van der Waals surface area contributed by atoms with Gasteiger partial charge in [0, 0.05) is 15.8 Å². The molecule has 0 fully saturated rings. The number of hydrogen-bond acceptors (Lipinski definition) is 2. The van der Waals surface area contributed by atoms with Crippen LogP contribution in [0.15, 0.2) is 29.2 Å². The van der Waals surface area contributed by atoms with Gasteiger partial charge in [0.05, 0.1) is 11.1 Å². The van der Waals surface area contributed by atoms with Gasteiger partial charge in [-0.2, -0.15) is 8.78 Å². The van der Waals surface area contributed by atoms with Crippen LogP contribution in [-0.4, -0.2) is 0 Å². The number of benzene rings is 3. The molecule has 3 aromatic carbocycles. The topological polar surface area (TPSA) is 9.23 Å². The van der Waals surface area contributed by atoms with Crippen molar-refractivity contribution in [3.05, 3.63) is 70.5 Å². The van der Waals surface area contributed by atoms with Gasteiger partial charge in [-0.3, -0.25) is 0 Å². The van der Waals surface area contributed by atoms with E-state index in [9.17, 15) is 35.1 Å². The SMILES string of the molecule is CC(C)(F)c1c(F)c(F)c(-c2c(F)c(F)c(Oc3cccc(S)c3)c(F)c2F)c(P)c1F. The number of alkyl halides is 1.